The van der Waals surface area contributed by atoms with Gasteiger partial charge in [0, 0.05) is 24.7 Å². The van der Waals surface area contributed by atoms with Gasteiger partial charge < -0.3 is 10.2 Å². The van der Waals surface area contributed by atoms with Crippen LogP contribution in [0.25, 0.3) is 0 Å². The maximum atomic E-state index is 12.5. The van der Waals surface area contributed by atoms with E-state index in [2.05, 4.69) is 22.2 Å². The summed E-state index contributed by atoms with van der Waals surface area (Å²) in [6.45, 7) is 4.57. The molecule has 1 saturated heterocycles. The van der Waals surface area contributed by atoms with Gasteiger partial charge in [-0.05, 0) is 25.5 Å². The molecule has 2 aromatic heterocycles. The van der Waals surface area contributed by atoms with Crippen LogP contribution in [0.3, 0.4) is 0 Å². The van der Waals surface area contributed by atoms with Crippen LogP contribution in [0.1, 0.15) is 40.9 Å². The third kappa shape index (κ3) is 4.39. The van der Waals surface area contributed by atoms with Crippen molar-refractivity contribution in [3.05, 3.63) is 40.0 Å². The second kappa shape index (κ2) is 7.71. The summed E-state index contributed by atoms with van der Waals surface area (Å²) in [6, 6.07) is 3.50. The number of nitrogens with one attached hydrogen (secondary N) is 1. The Balaban J connectivity index is 1.62. The molecule has 1 N–H and O–H groups in total. The Labute approximate surface area is 157 Å². The number of pyridine rings is 1. The van der Waals surface area contributed by atoms with Crippen LogP contribution in [0.5, 0.6) is 0 Å². The fourth-order valence-corrected chi connectivity index (χ4v) is 4.73. The van der Waals surface area contributed by atoms with Gasteiger partial charge in [-0.3, -0.25) is 4.79 Å². The topological polar surface area (TPSA) is 92.3 Å². The van der Waals surface area contributed by atoms with E-state index in [0.717, 1.165) is 17.1 Å². The molecule has 0 saturated carbocycles. The van der Waals surface area contributed by atoms with Crippen molar-refractivity contribution in [1.82, 2.24) is 14.9 Å². The van der Waals surface area contributed by atoms with Gasteiger partial charge in [-0.25, -0.2) is 18.4 Å². The second-order valence-electron chi connectivity index (χ2n) is 6.26. The maximum absolute atomic E-state index is 12.5. The van der Waals surface area contributed by atoms with Gasteiger partial charge in [0.2, 0.25) is 0 Å². The smallest absolute Gasteiger partial charge is 0.255 e. The summed E-state index contributed by atoms with van der Waals surface area (Å²) < 4.78 is 23.0. The normalized spacial score (nSPS) is 17.7. The van der Waals surface area contributed by atoms with Gasteiger partial charge in [0.05, 0.1) is 33.8 Å². The zero-order valence-corrected chi connectivity index (χ0v) is 16.4. The van der Waals surface area contributed by atoms with Gasteiger partial charge in [0.25, 0.3) is 5.91 Å². The number of hydrogen-bond donors (Lipinski definition) is 1. The molecular weight excluding hydrogens is 372 g/mol. The lowest BCUT2D eigenvalue weighted by Crippen LogP contribution is -2.43. The predicted octanol–water partition coefficient (Wildman–Crippen LogP) is 2.14. The van der Waals surface area contributed by atoms with E-state index in [0.29, 0.717) is 11.4 Å². The summed E-state index contributed by atoms with van der Waals surface area (Å²) in [5.41, 5.74) is 1.44. The standard InChI is InChI=1S/C17H22N4O3S2/c1-3-16-20-14(11-25-16)12(2)19-15-5-4-13(10-18-15)17(22)21-6-8-26(23,24)9-7-21/h4-5,10-12H,3,6-9H2,1-2H3,(H,18,19). The SMILES string of the molecule is CCc1nc(C(C)Nc2ccc(C(=O)N3CCS(=O)(=O)CC3)cn2)cs1. The number of hydrogen-bond acceptors (Lipinski definition) is 7. The van der Waals surface area contributed by atoms with Gasteiger partial charge in [-0.15, -0.1) is 11.3 Å². The third-order valence-corrected chi connectivity index (χ3v) is 6.94. The van der Waals surface area contributed by atoms with Crippen molar-refractivity contribution in [3.63, 3.8) is 0 Å². The van der Waals surface area contributed by atoms with E-state index in [-0.39, 0.29) is 36.5 Å². The van der Waals surface area contributed by atoms with E-state index in [1.807, 2.05) is 12.3 Å². The van der Waals surface area contributed by atoms with Crippen LogP contribution in [0.2, 0.25) is 0 Å². The fourth-order valence-electron chi connectivity index (χ4n) is 2.69. The molecule has 1 fully saturated rings. The van der Waals surface area contributed by atoms with Crippen molar-refractivity contribution in [2.45, 2.75) is 26.3 Å². The van der Waals surface area contributed by atoms with Gasteiger partial charge >= 0.3 is 0 Å². The van der Waals surface area contributed by atoms with Gasteiger partial charge in [0.1, 0.15) is 5.82 Å². The highest BCUT2D eigenvalue weighted by molar-refractivity contribution is 7.91. The monoisotopic (exact) mass is 394 g/mol. The highest BCUT2D eigenvalue weighted by Gasteiger charge is 2.25. The van der Waals surface area contributed by atoms with Crippen LogP contribution in [0.15, 0.2) is 23.7 Å². The van der Waals surface area contributed by atoms with Crippen molar-refractivity contribution >= 4 is 32.9 Å². The van der Waals surface area contributed by atoms with E-state index in [4.69, 9.17) is 0 Å². The molecule has 3 rings (SSSR count). The number of aromatic nitrogens is 2. The van der Waals surface area contributed by atoms with Crippen molar-refractivity contribution in [1.29, 1.82) is 0 Å². The zero-order chi connectivity index (χ0) is 18.7. The van der Waals surface area contributed by atoms with E-state index in [1.165, 1.54) is 6.20 Å². The highest BCUT2D eigenvalue weighted by atomic mass is 32.2. The van der Waals surface area contributed by atoms with Crippen molar-refractivity contribution in [2.24, 2.45) is 0 Å². The largest absolute Gasteiger partial charge is 0.362 e. The Morgan fingerprint density at radius 1 is 1.35 bits per heavy atom. The molecule has 26 heavy (non-hydrogen) atoms. The van der Waals surface area contributed by atoms with E-state index in [1.54, 1.807) is 28.4 Å². The average molecular weight is 395 g/mol. The maximum Gasteiger partial charge on any atom is 0.255 e. The summed E-state index contributed by atoms with van der Waals surface area (Å²) in [5, 5.41) is 6.42. The summed E-state index contributed by atoms with van der Waals surface area (Å²) >= 11 is 1.65. The molecule has 0 radical (unpaired) electrons. The number of thiazole rings is 1. The number of carbonyl (C=O) groups excluding carboxylic acids is 1. The Bertz CT molecular complexity index is 864. The minimum atomic E-state index is -3.00. The van der Waals surface area contributed by atoms with Crippen molar-refractivity contribution in [2.75, 3.05) is 29.9 Å². The number of anilines is 1. The number of rotatable bonds is 5. The van der Waals surface area contributed by atoms with Gasteiger partial charge in [-0.2, -0.15) is 0 Å². The van der Waals surface area contributed by atoms with Crippen LogP contribution in [-0.2, 0) is 16.3 Å². The molecule has 3 heterocycles. The molecule has 7 nitrogen and oxygen atoms in total. The molecule has 0 spiro atoms. The fraction of sp³-hybridized carbons (Fsp3) is 0.471. The van der Waals surface area contributed by atoms with Crippen LogP contribution in [-0.4, -0.2) is 53.8 Å². The molecule has 0 aliphatic carbocycles. The number of carbonyl (C=O) groups is 1. The Kier molecular flexibility index (Phi) is 5.57. The summed E-state index contributed by atoms with van der Waals surface area (Å²) in [4.78, 5) is 22.9. The second-order valence-corrected chi connectivity index (χ2v) is 9.51. The Morgan fingerprint density at radius 3 is 2.65 bits per heavy atom. The molecule has 1 unspecified atom stereocenters. The van der Waals surface area contributed by atoms with E-state index in [9.17, 15) is 13.2 Å². The minimum absolute atomic E-state index is 0.0212. The Hall–Kier alpha value is -2.00. The quantitative estimate of drug-likeness (QED) is 0.835. The number of amides is 1. The molecule has 140 valence electrons. The first kappa shape index (κ1) is 18.8. The van der Waals surface area contributed by atoms with Crippen LogP contribution >= 0.6 is 11.3 Å². The summed E-state index contributed by atoms with van der Waals surface area (Å²) in [6.07, 6.45) is 2.45. The van der Waals surface area contributed by atoms with Crippen molar-refractivity contribution < 1.29 is 13.2 Å². The Morgan fingerprint density at radius 2 is 2.08 bits per heavy atom. The number of nitrogens with zero attached hydrogens (tertiary/aromatic N) is 3. The lowest BCUT2D eigenvalue weighted by molar-refractivity contribution is 0.0770. The lowest BCUT2D eigenvalue weighted by atomic mass is 10.2. The predicted molar refractivity (Wildman–Crippen MR) is 102 cm³/mol. The molecule has 2 aromatic rings. The van der Waals surface area contributed by atoms with Crippen LogP contribution in [0, 0.1) is 0 Å². The third-order valence-electron chi connectivity index (χ3n) is 4.32. The molecular formula is C17H22N4O3S2. The molecule has 1 aliphatic rings. The first-order valence-electron chi connectivity index (χ1n) is 8.54. The molecule has 1 amide bonds. The summed E-state index contributed by atoms with van der Waals surface area (Å²) in [7, 11) is -3.00. The highest BCUT2D eigenvalue weighted by Crippen LogP contribution is 2.21. The van der Waals surface area contributed by atoms with Gasteiger partial charge in [0.15, 0.2) is 9.84 Å². The first-order valence-corrected chi connectivity index (χ1v) is 11.2. The average Bonchev–Trinajstić information content (AvgIpc) is 3.11. The van der Waals surface area contributed by atoms with Gasteiger partial charge in [-0.1, -0.05) is 6.92 Å². The summed E-state index contributed by atoms with van der Waals surface area (Å²) in [5.74, 6) is 0.536. The first-order chi connectivity index (χ1) is 12.4. The van der Waals surface area contributed by atoms with Crippen molar-refractivity contribution in [3.8, 4) is 0 Å². The zero-order valence-electron chi connectivity index (χ0n) is 14.8. The van der Waals surface area contributed by atoms with E-state index >= 15 is 0 Å². The van der Waals surface area contributed by atoms with Crippen LogP contribution in [0.4, 0.5) is 5.82 Å². The number of aryl methyl sites for hydroxylation is 1. The molecule has 9 heteroatoms. The molecule has 0 aromatic carbocycles. The lowest BCUT2D eigenvalue weighted by Gasteiger charge is -2.26. The van der Waals surface area contributed by atoms with Crippen LogP contribution < -0.4 is 5.32 Å². The van der Waals surface area contributed by atoms with E-state index < -0.39 is 9.84 Å². The molecule has 1 atom stereocenters. The molecule has 0 bridgehead atoms. The number of sulfone groups is 1. The molecule has 1 aliphatic heterocycles. The minimum Gasteiger partial charge on any atom is -0.362 e.